The summed E-state index contributed by atoms with van der Waals surface area (Å²) in [5.41, 5.74) is 0. The highest BCUT2D eigenvalue weighted by Crippen LogP contribution is 2.26. The smallest absolute Gasteiger partial charge is 0.206 e. The normalized spacial score (nSPS) is 21.4. The molecule has 2 heterocycles. The average molecular weight is 230 g/mol. The number of anilines is 1. The molecule has 6 heteroatoms. The monoisotopic (exact) mass is 230 g/mol. The first kappa shape index (κ1) is 10.2. The zero-order valence-electron chi connectivity index (χ0n) is 8.12. The van der Waals surface area contributed by atoms with Crippen LogP contribution in [0.1, 0.15) is 12.8 Å². The topological polar surface area (TPSA) is 49.8 Å². The van der Waals surface area contributed by atoms with Gasteiger partial charge >= 0.3 is 0 Å². The van der Waals surface area contributed by atoms with Crippen molar-refractivity contribution in [1.82, 2.24) is 15.5 Å². The van der Waals surface area contributed by atoms with E-state index in [1.54, 1.807) is 23.1 Å². The fraction of sp³-hybridized carbons (Fsp3) is 0.750. The van der Waals surface area contributed by atoms with Crippen LogP contribution in [-0.2, 0) is 0 Å². The summed E-state index contributed by atoms with van der Waals surface area (Å²) in [5, 5.41) is 15.4. The summed E-state index contributed by atoms with van der Waals surface area (Å²) >= 11 is 3.41. The molecule has 2 N–H and O–H groups in total. The minimum absolute atomic E-state index is 0.668. The van der Waals surface area contributed by atoms with Crippen LogP contribution in [-0.4, -0.2) is 35.6 Å². The predicted octanol–water partition coefficient (Wildman–Crippen LogP) is 1.42. The first-order chi connectivity index (χ1) is 6.88. The van der Waals surface area contributed by atoms with Gasteiger partial charge < -0.3 is 10.6 Å². The molecule has 78 valence electrons. The maximum absolute atomic E-state index is 4.09. The van der Waals surface area contributed by atoms with Crippen LogP contribution in [0.4, 0.5) is 5.13 Å². The molecule has 0 spiro atoms. The van der Waals surface area contributed by atoms with Crippen molar-refractivity contribution < 1.29 is 0 Å². The highest BCUT2D eigenvalue weighted by atomic mass is 32.2. The molecule has 0 aromatic carbocycles. The number of nitrogens with zero attached hydrogens (tertiary/aromatic N) is 2. The molecule has 1 aliphatic heterocycles. The van der Waals surface area contributed by atoms with Gasteiger partial charge in [-0.2, -0.15) is 0 Å². The van der Waals surface area contributed by atoms with E-state index in [4.69, 9.17) is 0 Å². The summed E-state index contributed by atoms with van der Waals surface area (Å²) in [6.45, 7) is 1.17. The molecule has 2 rings (SSSR count). The molecule has 4 nitrogen and oxygen atoms in total. The van der Waals surface area contributed by atoms with E-state index in [-0.39, 0.29) is 0 Å². The number of hydrogen-bond acceptors (Lipinski definition) is 6. The van der Waals surface area contributed by atoms with Crippen molar-refractivity contribution in [3.05, 3.63) is 0 Å². The zero-order chi connectivity index (χ0) is 9.80. The van der Waals surface area contributed by atoms with Crippen LogP contribution in [0.2, 0.25) is 0 Å². The number of hydrogen-bond donors (Lipinski definition) is 2. The third-order valence-corrected chi connectivity index (χ3v) is 4.43. The second-order valence-electron chi connectivity index (χ2n) is 3.23. The summed E-state index contributed by atoms with van der Waals surface area (Å²) < 4.78 is 1.06. The second-order valence-corrected chi connectivity index (χ2v) is 5.47. The Labute approximate surface area is 91.9 Å². The van der Waals surface area contributed by atoms with E-state index in [0.29, 0.717) is 6.04 Å². The number of nitrogens with one attached hydrogen (secondary N) is 2. The van der Waals surface area contributed by atoms with Crippen molar-refractivity contribution in [2.24, 2.45) is 0 Å². The molecule has 1 fully saturated rings. The van der Waals surface area contributed by atoms with Gasteiger partial charge in [-0.3, -0.25) is 0 Å². The molecule has 0 bridgehead atoms. The molecular formula is C8H14N4S2. The van der Waals surface area contributed by atoms with E-state index in [9.17, 15) is 0 Å². The van der Waals surface area contributed by atoms with E-state index >= 15 is 0 Å². The molecule has 1 aliphatic rings. The fourth-order valence-electron chi connectivity index (χ4n) is 1.44. The van der Waals surface area contributed by atoms with Gasteiger partial charge in [0, 0.05) is 18.8 Å². The Morgan fingerprint density at radius 2 is 2.57 bits per heavy atom. The van der Waals surface area contributed by atoms with Gasteiger partial charge in [0.25, 0.3) is 0 Å². The van der Waals surface area contributed by atoms with Crippen LogP contribution < -0.4 is 10.6 Å². The molecule has 1 aromatic heterocycles. The van der Waals surface area contributed by atoms with Crippen molar-refractivity contribution >= 4 is 28.2 Å². The van der Waals surface area contributed by atoms with Gasteiger partial charge in [0.1, 0.15) is 0 Å². The van der Waals surface area contributed by atoms with E-state index in [0.717, 1.165) is 15.2 Å². The Morgan fingerprint density at radius 1 is 1.64 bits per heavy atom. The lowest BCUT2D eigenvalue weighted by atomic mass is 10.3. The molecule has 0 radical (unpaired) electrons. The van der Waals surface area contributed by atoms with Crippen molar-refractivity contribution in [2.45, 2.75) is 23.2 Å². The Morgan fingerprint density at radius 3 is 3.21 bits per heavy atom. The van der Waals surface area contributed by atoms with Crippen molar-refractivity contribution in [1.29, 1.82) is 0 Å². The lowest BCUT2D eigenvalue weighted by Crippen LogP contribution is -2.23. The maximum atomic E-state index is 4.09. The van der Waals surface area contributed by atoms with Crippen LogP contribution in [0.5, 0.6) is 0 Å². The van der Waals surface area contributed by atoms with Gasteiger partial charge in [0.15, 0.2) is 4.34 Å². The zero-order valence-corrected chi connectivity index (χ0v) is 9.75. The summed E-state index contributed by atoms with van der Waals surface area (Å²) in [5.74, 6) is 1.11. The molecule has 0 amide bonds. The Bertz CT molecular complexity index is 283. The third-order valence-electron chi connectivity index (χ3n) is 2.19. The Hall–Kier alpha value is -0.330. The molecule has 1 atom stereocenters. The van der Waals surface area contributed by atoms with Gasteiger partial charge in [-0.1, -0.05) is 23.1 Å². The highest BCUT2D eigenvalue weighted by Gasteiger charge is 2.15. The molecular weight excluding hydrogens is 216 g/mol. The highest BCUT2D eigenvalue weighted by molar-refractivity contribution is 8.01. The summed E-state index contributed by atoms with van der Waals surface area (Å²) in [6, 6.07) is 0.668. The van der Waals surface area contributed by atoms with Gasteiger partial charge in [-0.05, 0) is 19.4 Å². The fourth-order valence-corrected chi connectivity index (χ4v) is 3.27. The predicted molar refractivity (Wildman–Crippen MR) is 61.2 cm³/mol. The lowest BCUT2D eigenvalue weighted by molar-refractivity contribution is 0.674. The van der Waals surface area contributed by atoms with Crippen molar-refractivity contribution in [2.75, 3.05) is 24.7 Å². The number of rotatable bonds is 4. The van der Waals surface area contributed by atoms with E-state index < -0.39 is 0 Å². The largest absolute Gasteiger partial charge is 0.363 e. The Kier molecular flexibility index (Phi) is 3.61. The first-order valence-corrected chi connectivity index (χ1v) is 6.56. The molecule has 1 saturated heterocycles. The van der Waals surface area contributed by atoms with Gasteiger partial charge in [-0.25, -0.2) is 0 Å². The molecule has 0 unspecified atom stereocenters. The quantitative estimate of drug-likeness (QED) is 0.766. The van der Waals surface area contributed by atoms with Crippen LogP contribution in [0.25, 0.3) is 0 Å². The maximum Gasteiger partial charge on any atom is 0.206 e. The van der Waals surface area contributed by atoms with Crippen LogP contribution in [0, 0.1) is 0 Å². The molecule has 0 aliphatic carbocycles. The summed E-state index contributed by atoms with van der Waals surface area (Å²) in [7, 11) is 1.87. The van der Waals surface area contributed by atoms with Crippen LogP contribution >= 0.6 is 23.1 Å². The van der Waals surface area contributed by atoms with E-state index in [1.165, 1.54) is 19.4 Å². The van der Waals surface area contributed by atoms with Crippen LogP contribution in [0.3, 0.4) is 0 Å². The SMILES string of the molecule is CNc1nnc(SC[C@@H]2CCCN2)s1. The van der Waals surface area contributed by atoms with Crippen molar-refractivity contribution in [3.63, 3.8) is 0 Å². The molecule has 1 aromatic rings. The minimum atomic E-state index is 0.668. The second kappa shape index (κ2) is 4.95. The summed E-state index contributed by atoms with van der Waals surface area (Å²) in [4.78, 5) is 0. The minimum Gasteiger partial charge on any atom is -0.363 e. The van der Waals surface area contributed by atoms with Gasteiger partial charge in [0.2, 0.25) is 5.13 Å². The standard InChI is InChI=1S/C8H14N4S2/c1-9-7-11-12-8(14-7)13-5-6-3-2-4-10-6/h6,10H,2-5H2,1H3,(H,9,11)/t6-/m0/s1. The third kappa shape index (κ3) is 2.59. The molecule has 14 heavy (non-hydrogen) atoms. The number of thioether (sulfide) groups is 1. The average Bonchev–Trinajstić information content (AvgIpc) is 2.86. The first-order valence-electron chi connectivity index (χ1n) is 4.76. The molecule has 0 saturated carbocycles. The van der Waals surface area contributed by atoms with E-state index in [2.05, 4.69) is 20.8 Å². The van der Waals surface area contributed by atoms with Crippen LogP contribution in [0.15, 0.2) is 4.34 Å². The number of aromatic nitrogens is 2. The van der Waals surface area contributed by atoms with Gasteiger partial charge in [-0.15, -0.1) is 10.2 Å². The lowest BCUT2D eigenvalue weighted by Gasteiger charge is -2.06. The van der Waals surface area contributed by atoms with E-state index in [1.807, 2.05) is 7.05 Å². The van der Waals surface area contributed by atoms with Gasteiger partial charge in [0.05, 0.1) is 0 Å². The Balaban J connectivity index is 1.79. The van der Waals surface area contributed by atoms with Crippen molar-refractivity contribution in [3.8, 4) is 0 Å². The summed E-state index contributed by atoms with van der Waals surface area (Å²) in [6.07, 6.45) is 2.60.